The summed E-state index contributed by atoms with van der Waals surface area (Å²) in [6.45, 7) is 9.30. The highest BCUT2D eigenvalue weighted by Crippen LogP contribution is 2.29. The van der Waals surface area contributed by atoms with Crippen molar-refractivity contribution in [3.8, 4) is 0 Å². The quantitative estimate of drug-likeness (QED) is 0.768. The van der Waals surface area contributed by atoms with Crippen LogP contribution < -0.4 is 0 Å². The molecule has 1 atom stereocenters. The van der Waals surface area contributed by atoms with Crippen LogP contribution in [0.1, 0.15) is 43.9 Å². The monoisotopic (exact) mass is 322 g/mol. The summed E-state index contributed by atoms with van der Waals surface area (Å²) in [4.78, 5) is 5.31. The van der Waals surface area contributed by atoms with E-state index in [1.807, 2.05) is 0 Å². The second-order valence-electron chi connectivity index (χ2n) is 6.93. The van der Waals surface area contributed by atoms with E-state index >= 15 is 0 Å². The number of hydrogen-bond donors (Lipinski definition) is 0. The van der Waals surface area contributed by atoms with Gasteiger partial charge in [0.15, 0.2) is 0 Å². The Kier molecular flexibility index (Phi) is 6.06. The first-order valence-corrected chi connectivity index (χ1v) is 9.37. The maximum atomic E-state index is 2.66. The molecule has 0 N–H and O–H groups in total. The summed E-state index contributed by atoms with van der Waals surface area (Å²) in [5.74, 6) is 0. The summed E-state index contributed by atoms with van der Waals surface area (Å²) < 4.78 is 0. The molecule has 1 saturated heterocycles. The van der Waals surface area contributed by atoms with Crippen LogP contribution >= 0.6 is 0 Å². The van der Waals surface area contributed by atoms with Gasteiger partial charge >= 0.3 is 0 Å². The Morgan fingerprint density at radius 2 is 1.21 bits per heavy atom. The predicted octanol–water partition coefficient (Wildman–Crippen LogP) is 4.58. The van der Waals surface area contributed by atoms with Crippen LogP contribution in [-0.2, 0) is 0 Å². The van der Waals surface area contributed by atoms with Gasteiger partial charge in [-0.25, -0.2) is 0 Å². The molecule has 2 aromatic rings. The first kappa shape index (κ1) is 17.2. The van der Waals surface area contributed by atoms with Gasteiger partial charge in [-0.3, -0.25) is 9.80 Å². The molecule has 24 heavy (non-hydrogen) atoms. The van der Waals surface area contributed by atoms with E-state index in [0.717, 1.165) is 13.1 Å². The molecule has 2 nitrogen and oxygen atoms in total. The molecular formula is C22H30N2. The lowest BCUT2D eigenvalue weighted by atomic mass is 9.96. The van der Waals surface area contributed by atoms with Gasteiger partial charge in [-0.15, -0.1) is 0 Å². The number of piperazine rings is 1. The number of hydrogen-bond acceptors (Lipinski definition) is 2. The largest absolute Gasteiger partial charge is 0.298 e. The molecule has 0 aromatic heterocycles. The minimum Gasteiger partial charge on any atom is -0.298 e. The van der Waals surface area contributed by atoms with Gasteiger partial charge in [-0.05, 0) is 24.5 Å². The van der Waals surface area contributed by atoms with E-state index in [0.29, 0.717) is 12.1 Å². The zero-order chi connectivity index (χ0) is 16.8. The third-order valence-electron chi connectivity index (χ3n) is 5.27. The fourth-order valence-corrected chi connectivity index (χ4v) is 3.92. The summed E-state index contributed by atoms with van der Waals surface area (Å²) in [6, 6.07) is 23.0. The maximum Gasteiger partial charge on any atom is 0.0602 e. The van der Waals surface area contributed by atoms with E-state index in [-0.39, 0.29) is 0 Å². The molecule has 3 rings (SSSR count). The molecule has 128 valence electrons. The summed E-state index contributed by atoms with van der Waals surface area (Å²) in [6.07, 6.45) is 2.58. The zero-order valence-corrected chi connectivity index (χ0v) is 15.1. The second kappa shape index (κ2) is 8.46. The summed E-state index contributed by atoms with van der Waals surface area (Å²) >= 11 is 0. The van der Waals surface area contributed by atoms with Gasteiger partial charge in [0, 0.05) is 32.2 Å². The van der Waals surface area contributed by atoms with Crippen LogP contribution in [0, 0.1) is 0 Å². The molecule has 0 aliphatic carbocycles. The maximum absolute atomic E-state index is 2.66. The molecule has 0 saturated carbocycles. The molecule has 1 heterocycles. The van der Waals surface area contributed by atoms with Gasteiger partial charge in [0.1, 0.15) is 0 Å². The van der Waals surface area contributed by atoms with Crippen molar-refractivity contribution in [2.75, 3.05) is 26.2 Å². The van der Waals surface area contributed by atoms with E-state index < -0.39 is 0 Å². The molecule has 0 bridgehead atoms. The minimum absolute atomic E-state index is 0.371. The number of benzene rings is 2. The van der Waals surface area contributed by atoms with E-state index in [9.17, 15) is 0 Å². The Morgan fingerprint density at radius 1 is 0.750 bits per heavy atom. The van der Waals surface area contributed by atoms with Gasteiger partial charge in [0.25, 0.3) is 0 Å². The summed E-state index contributed by atoms with van der Waals surface area (Å²) in [5, 5.41) is 0. The number of nitrogens with zero attached hydrogens (tertiary/aromatic N) is 2. The Morgan fingerprint density at radius 3 is 1.67 bits per heavy atom. The van der Waals surface area contributed by atoms with Gasteiger partial charge in [-0.2, -0.15) is 0 Å². The topological polar surface area (TPSA) is 6.48 Å². The van der Waals surface area contributed by atoms with Gasteiger partial charge in [0.05, 0.1) is 6.04 Å². The van der Waals surface area contributed by atoms with E-state index in [4.69, 9.17) is 0 Å². The summed E-state index contributed by atoms with van der Waals surface area (Å²) in [5.41, 5.74) is 2.80. The van der Waals surface area contributed by atoms with Crippen LogP contribution in [0.25, 0.3) is 0 Å². The third-order valence-corrected chi connectivity index (χ3v) is 5.27. The lowest BCUT2D eigenvalue weighted by Crippen LogP contribution is -2.50. The average molecular weight is 322 g/mol. The molecule has 0 amide bonds. The van der Waals surface area contributed by atoms with Gasteiger partial charge < -0.3 is 0 Å². The fourth-order valence-electron chi connectivity index (χ4n) is 3.92. The SMILES string of the molecule is CCCC(C)N1CCN(C(c2ccccc2)c2ccccc2)CC1. The standard InChI is InChI=1S/C22H30N2/c1-3-10-19(2)23-15-17-24(18-16-23)22(20-11-6-4-7-12-20)21-13-8-5-9-14-21/h4-9,11-14,19,22H,3,10,15-18H2,1-2H3. The van der Waals surface area contributed by atoms with Crippen molar-refractivity contribution < 1.29 is 0 Å². The van der Waals surface area contributed by atoms with Crippen LogP contribution in [0.5, 0.6) is 0 Å². The van der Waals surface area contributed by atoms with Crippen molar-refractivity contribution >= 4 is 0 Å². The smallest absolute Gasteiger partial charge is 0.0602 e. The van der Waals surface area contributed by atoms with Crippen LogP contribution in [0.15, 0.2) is 60.7 Å². The minimum atomic E-state index is 0.371. The van der Waals surface area contributed by atoms with Crippen molar-refractivity contribution in [3.05, 3.63) is 71.8 Å². The normalized spacial score (nSPS) is 18.0. The van der Waals surface area contributed by atoms with Crippen molar-refractivity contribution in [1.29, 1.82) is 0 Å². The highest BCUT2D eigenvalue weighted by atomic mass is 15.3. The fraction of sp³-hybridized carbons (Fsp3) is 0.455. The van der Waals surface area contributed by atoms with Crippen LogP contribution in [0.2, 0.25) is 0 Å². The molecule has 2 aromatic carbocycles. The predicted molar refractivity (Wildman–Crippen MR) is 102 cm³/mol. The first-order chi connectivity index (χ1) is 11.8. The molecule has 1 unspecified atom stereocenters. The molecule has 1 aliphatic rings. The second-order valence-corrected chi connectivity index (χ2v) is 6.93. The van der Waals surface area contributed by atoms with Gasteiger partial charge in [-0.1, -0.05) is 74.0 Å². The van der Waals surface area contributed by atoms with Gasteiger partial charge in [0.2, 0.25) is 0 Å². The highest BCUT2D eigenvalue weighted by Gasteiger charge is 2.27. The lowest BCUT2D eigenvalue weighted by molar-refractivity contribution is 0.0810. The highest BCUT2D eigenvalue weighted by molar-refractivity contribution is 5.31. The third kappa shape index (κ3) is 4.06. The first-order valence-electron chi connectivity index (χ1n) is 9.37. The van der Waals surface area contributed by atoms with Crippen molar-refractivity contribution in [1.82, 2.24) is 9.80 Å². The Bertz CT molecular complexity index is 548. The van der Waals surface area contributed by atoms with Crippen LogP contribution in [-0.4, -0.2) is 42.0 Å². The Hall–Kier alpha value is -1.64. The van der Waals surface area contributed by atoms with E-state index in [2.05, 4.69) is 84.3 Å². The van der Waals surface area contributed by atoms with Crippen molar-refractivity contribution in [2.45, 2.75) is 38.8 Å². The van der Waals surface area contributed by atoms with E-state index in [1.54, 1.807) is 0 Å². The Balaban J connectivity index is 1.76. The molecular weight excluding hydrogens is 292 g/mol. The van der Waals surface area contributed by atoms with Crippen molar-refractivity contribution in [3.63, 3.8) is 0 Å². The Labute approximate surface area is 147 Å². The zero-order valence-electron chi connectivity index (χ0n) is 15.1. The lowest BCUT2D eigenvalue weighted by Gasteiger charge is -2.42. The molecule has 2 heteroatoms. The van der Waals surface area contributed by atoms with Crippen LogP contribution in [0.3, 0.4) is 0 Å². The molecule has 0 radical (unpaired) electrons. The van der Waals surface area contributed by atoms with Crippen molar-refractivity contribution in [2.24, 2.45) is 0 Å². The average Bonchev–Trinajstić information content (AvgIpc) is 2.64. The number of rotatable bonds is 6. The van der Waals surface area contributed by atoms with E-state index in [1.165, 1.54) is 37.1 Å². The summed E-state index contributed by atoms with van der Waals surface area (Å²) in [7, 11) is 0. The van der Waals surface area contributed by atoms with Crippen LogP contribution in [0.4, 0.5) is 0 Å². The molecule has 1 fully saturated rings. The molecule has 0 spiro atoms. The molecule has 1 aliphatic heterocycles.